The van der Waals surface area contributed by atoms with E-state index < -0.39 is 20.2 Å². The standard InChI is InChI=1S/2C6H14O3S.Ba/c2*1-2-3-4-5-6-10(7,8)9;/h2*2-6H2,1H3,(H,7,8,9);/q;;+2/p-2. The van der Waals surface area contributed by atoms with Crippen molar-refractivity contribution in [3.05, 3.63) is 0 Å². The molecule has 0 saturated carbocycles. The Hall–Kier alpha value is 1.39. The van der Waals surface area contributed by atoms with Crippen LogP contribution in [0.4, 0.5) is 0 Å². The van der Waals surface area contributed by atoms with Gasteiger partial charge in [-0.25, -0.2) is 16.8 Å². The van der Waals surface area contributed by atoms with Crippen molar-refractivity contribution >= 4 is 69.1 Å². The number of unbranched alkanes of at least 4 members (excludes halogenated alkanes) is 6. The van der Waals surface area contributed by atoms with Crippen LogP contribution in [0.25, 0.3) is 0 Å². The molecule has 0 amide bonds. The average Bonchev–Trinajstić information content (AvgIpc) is 2.29. The third-order valence-corrected chi connectivity index (χ3v) is 4.07. The van der Waals surface area contributed by atoms with Crippen LogP contribution in [-0.2, 0) is 20.2 Å². The van der Waals surface area contributed by atoms with Gasteiger partial charge in [0.2, 0.25) is 0 Å². The minimum absolute atomic E-state index is 0. The summed E-state index contributed by atoms with van der Waals surface area (Å²) in [5.41, 5.74) is 0. The molecular formula is C12H26BaO6S2. The molecule has 21 heavy (non-hydrogen) atoms. The van der Waals surface area contributed by atoms with Gasteiger partial charge in [0.15, 0.2) is 0 Å². The minimum atomic E-state index is -3.95. The van der Waals surface area contributed by atoms with Crippen LogP contribution in [0.2, 0.25) is 0 Å². The van der Waals surface area contributed by atoms with Crippen LogP contribution in [-0.4, -0.2) is 86.3 Å². The van der Waals surface area contributed by atoms with E-state index in [1.165, 1.54) is 0 Å². The summed E-state index contributed by atoms with van der Waals surface area (Å²) < 4.78 is 60.2. The van der Waals surface area contributed by atoms with Gasteiger partial charge in [0.05, 0.1) is 20.2 Å². The second-order valence-corrected chi connectivity index (χ2v) is 7.69. The van der Waals surface area contributed by atoms with Crippen LogP contribution in [0.3, 0.4) is 0 Å². The topological polar surface area (TPSA) is 114 Å². The minimum Gasteiger partial charge on any atom is -0.748 e. The van der Waals surface area contributed by atoms with Crippen molar-refractivity contribution in [1.82, 2.24) is 0 Å². The normalized spacial score (nSPS) is 11.2. The first-order valence-electron chi connectivity index (χ1n) is 6.99. The molecule has 0 N–H and O–H groups in total. The average molecular weight is 468 g/mol. The second kappa shape index (κ2) is 16.3. The third kappa shape index (κ3) is 34.0. The molecule has 6 nitrogen and oxygen atoms in total. The fraction of sp³-hybridized carbons (Fsp3) is 1.00. The molecule has 0 bridgehead atoms. The van der Waals surface area contributed by atoms with Crippen molar-refractivity contribution in [1.29, 1.82) is 0 Å². The van der Waals surface area contributed by atoms with E-state index in [2.05, 4.69) is 0 Å². The number of hydrogen-bond donors (Lipinski definition) is 0. The van der Waals surface area contributed by atoms with Crippen molar-refractivity contribution in [2.45, 2.75) is 65.2 Å². The van der Waals surface area contributed by atoms with Crippen molar-refractivity contribution in [3.63, 3.8) is 0 Å². The van der Waals surface area contributed by atoms with Gasteiger partial charge in [-0.2, -0.15) is 0 Å². The monoisotopic (exact) mass is 468 g/mol. The fourth-order valence-corrected chi connectivity index (χ4v) is 2.53. The zero-order chi connectivity index (χ0) is 16.1. The first-order valence-corrected chi connectivity index (χ1v) is 10.1. The van der Waals surface area contributed by atoms with Gasteiger partial charge in [0.1, 0.15) is 0 Å². The molecule has 0 radical (unpaired) electrons. The van der Waals surface area contributed by atoms with Crippen LogP contribution < -0.4 is 0 Å². The first kappa shape index (κ1) is 27.2. The smallest absolute Gasteiger partial charge is 0.748 e. The molecule has 0 fully saturated rings. The predicted molar refractivity (Wildman–Crippen MR) is 83.2 cm³/mol. The molecule has 0 saturated heterocycles. The Morgan fingerprint density at radius 2 is 0.905 bits per heavy atom. The van der Waals surface area contributed by atoms with Gasteiger partial charge < -0.3 is 9.11 Å². The van der Waals surface area contributed by atoms with E-state index >= 15 is 0 Å². The molecule has 0 rings (SSSR count). The molecule has 0 aromatic heterocycles. The summed E-state index contributed by atoms with van der Waals surface area (Å²) in [5.74, 6) is -0.403. The summed E-state index contributed by atoms with van der Waals surface area (Å²) >= 11 is 0. The van der Waals surface area contributed by atoms with E-state index in [-0.39, 0.29) is 60.4 Å². The van der Waals surface area contributed by atoms with Gasteiger partial charge in [-0.05, 0) is 12.8 Å². The van der Waals surface area contributed by atoms with Crippen LogP contribution in [0.5, 0.6) is 0 Å². The van der Waals surface area contributed by atoms with Gasteiger partial charge in [0.25, 0.3) is 0 Å². The van der Waals surface area contributed by atoms with E-state index in [4.69, 9.17) is 0 Å². The summed E-state index contributed by atoms with van der Waals surface area (Å²) in [7, 11) is -7.91. The molecule has 0 aliphatic heterocycles. The van der Waals surface area contributed by atoms with E-state index in [0.717, 1.165) is 38.5 Å². The van der Waals surface area contributed by atoms with Crippen LogP contribution in [0, 0.1) is 0 Å². The van der Waals surface area contributed by atoms with E-state index in [1.54, 1.807) is 0 Å². The Labute approximate surface area is 170 Å². The Kier molecular flexibility index (Phi) is 21.1. The zero-order valence-electron chi connectivity index (χ0n) is 13.0. The van der Waals surface area contributed by atoms with Crippen molar-refractivity contribution in [2.75, 3.05) is 11.5 Å². The Balaban J connectivity index is -0.000000295. The summed E-state index contributed by atoms with van der Waals surface area (Å²) in [6.07, 6.45) is 6.85. The van der Waals surface area contributed by atoms with Crippen molar-refractivity contribution in [3.8, 4) is 0 Å². The van der Waals surface area contributed by atoms with Gasteiger partial charge in [-0.1, -0.05) is 52.4 Å². The summed E-state index contributed by atoms with van der Waals surface area (Å²) in [6, 6.07) is 0. The molecule has 0 heterocycles. The molecular weight excluding hydrogens is 442 g/mol. The Morgan fingerprint density at radius 3 is 1.10 bits per heavy atom. The largest absolute Gasteiger partial charge is 2.00 e. The zero-order valence-corrected chi connectivity index (χ0v) is 19.1. The van der Waals surface area contributed by atoms with Crippen LogP contribution in [0.1, 0.15) is 65.2 Å². The molecule has 0 aliphatic carbocycles. The van der Waals surface area contributed by atoms with Crippen molar-refractivity contribution < 1.29 is 25.9 Å². The Bertz CT molecular complexity index is 365. The Morgan fingerprint density at radius 1 is 0.619 bits per heavy atom. The fourth-order valence-electron chi connectivity index (χ4n) is 1.41. The predicted octanol–water partition coefficient (Wildman–Crippen LogP) is 1.84. The molecule has 124 valence electrons. The maximum Gasteiger partial charge on any atom is 2.00 e. The number of hydrogen-bond acceptors (Lipinski definition) is 6. The van der Waals surface area contributed by atoms with Crippen LogP contribution >= 0.6 is 0 Å². The summed E-state index contributed by atoms with van der Waals surface area (Å²) in [6.45, 7) is 4.07. The number of rotatable bonds is 10. The summed E-state index contributed by atoms with van der Waals surface area (Å²) in [4.78, 5) is 0. The molecule has 9 heteroatoms. The molecule has 0 aliphatic rings. The SMILES string of the molecule is CCCCCCS(=O)(=O)[O-].CCCCCCS(=O)(=O)[O-].[Ba+2]. The molecule has 0 atom stereocenters. The van der Waals surface area contributed by atoms with Gasteiger partial charge in [-0.15, -0.1) is 0 Å². The van der Waals surface area contributed by atoms with E-state index in [9.17, 15) is 25.9 Å². The van der Waals surface area contributed by atoms with Crippen molar-refractivity contribution in [2.24, 2.45) is 0 Å². The van der Waals surface area contributed by atoms with E-state index in [1.807, 2.05) is 13.8 Å². The maximum atomic E-state index is 10.0. The maximum absolute atomic E-state index is 10.0. The quantitative estimate of drug-likeness (QED) is 0.275. The molecule has 0 unspecified atom stereocenters. The van der Waals surface area contributed by atoms with Gasteiger partial charge >= 0.3 is 48.9 Å². The molecule has 0 aromatic carbocycles. The van der Waals surface area contributed by atoms with E-state index in [0.29, 0.717) is 12.8 Å². The van der Waals surface area contributed by atoms with Gasteiger partial charge in [-0.3, -0.25) is 0 Å². The third-order valence-electron chi connectivity index (χ3n) is 2.50. The molecule has 0 aromatic rings. The summed E-state index contributed by atoms with van der Waals surface area (Å²) in [5, 5.41) is 0. The second-order valence-electron chi connectivity index (χ2n) is 4.64. The first-order chi connectivity index (χ1) is 9.12. The molecule has 0 spiro atoms. The van der Waals surface area contributed by atoms with Crippen LogP contribution in [0.15, 0.2) is 0 Å². The van der Waals surface area contributed by atoms with Gasteiger partial charge in [0, 0.05) is 11.5 Å².